The van der Waals surface area contributed by atoms with E-state index >= 15 is 0 Å². The van der Waals surface area contributed by atoms with Crippen molar-refractivity contribution in [1.82, 2.24) is 5.32 Å². The number of hydrogen-bond donors (Lipinski definition) is 1. The van der Waals surface area contributed by atoms with Crippen LogP contribution in [0.3, 0.4) is 0 Å². The number of carbonyl (C=O) groups is 5. The van der Waals surface area contributed by atoms with Gasteiger partial charge in [-0.15, -0.1) is 0 Å². The van der Waals surface area contributed by atoms with Gasteiger partial charge in [0.15, 0.2) is 0 Å². The summed E-state index contributed by atoms with van der Waals surface area (Å²) in [6, 6.07) is 0. The van der Waals surface area contributed by atoms with Gasteiger partial charge in [0.25, 0.3) is 0 Å². The van der Waals surface area contributed by atoms with E-state index in [2.05, 4.69) is 26.1 Å². The molecule has 0 aliphatic carbocycles. The van der Waals surface area contributed by atoms with Gasteiger partial charge >= 0.3 is 24.0 Å². The first-order valence-electron chi connectivity index (χ1n) is 6.70. The third-order valence-electron chi connectivity index (χ3n) is 2.05. The molecule has 1 amide bonds. The lowest BCUT2D eigenvalue weighted by Crippen LogP contribution is -2.28. The van der Waals surface area contributed by atoms with Crippen LogP contribution in [0.1, 0.15) is 33.1 Å². The standard InChI is InChI=1S/C14H19NO8/c1-9(2)22-11(17)4-6-15-14(20)21-7-5-12(18)23-13(19)8-10(3)16/h1,4-8H2,2-3H3,(H,15,20). The average Bonchev–Trinajstić information content (AvgIpc) is 2.36. The molecule has 0 spiro atoms. The number of ketones is 1. The summed E-state index contributed by atoms with van der Waals surface area (Å²) in [5.41, 5.74) is 0. The fourth-order valence-electron chi connectivity index (χ4n) is 1.21. The molecule has 0 unspecified atom stereocenters. The Kier molecular flexibility index (Phi) is 9.65. The summed E-state index contributed by atoms with van der Waals surface area (Å²) in [4.78, 5) is 55.2. The Morgan fingerprint density at radius 2 is 1.52 bits per heavy atom. The monoisotopic (exact) mass is 329 g/mol. The van der Waals surface area contributed by atoms with Crippen molar-refractivity contribution in [2.75, 3.05) is 13.2 Å². The highest BCUT2D eigenvalue weighted by Crippen LogP contribution is 1.95. The van der Waals surface area contributed by atoms with Gasteiger partial charge in [-0.1, -0.05) is 6.58 Å². The number of amides is 1. The van der Waals surface area contributed by atoms with Gasteiger partial charge in [-0.3, -0.25) is 19.2 Å². The zero-order valence-electron chi connectivity index (χ0n) is 13.0. The van der Waals surface area contributed by atoms with E-state index in [0.717, 1.165) is 0 Å². The maximum absolute atomic E-state index is 11.2. The third-order valence-corrected chi connectivity index (χ3v) is 2.05. The van der Waals surface area contributed by atoms with Gasteiger partial charge < -0.3 is 19.5 Å². The van der Waals surface area contributed by atoms with Crippen LogP contribution in [0.4, 0.5) is 4.79 Å². The van der Waals surface area contributed by atoms with E-state index in [0.29, 0.717) is 0 Å². The molecule has 0 atom stereocenters. The molecule has 0 aliphatic rings. The molecule has 128 valence electrons. The molecule has 0 aromatic rings. The predicted molar refractivity (Wildman–Crippen MR) is 75.9 cm³/mol. The van der Waals surface area contributed by atoms with Crippen molar-refractivity contribution in [1.29, 1.82) is 0 Å². The lowest BCUT2D eigenvalue weighted by Gasteiger charge is -2.07. The molecule has 0 aromatic carbocycles. The number of esters is 3. The molecule has 0 bridgehead atoms. The van der Waals surface area contributed by atoms with E-state index in [9.17, 15) is 24.0 Å². The van der Waals surface area contributed by atoms with E-state index in [1.54, 1.807) is 0 Å². The van der Waals surface area contributed by atoms with Crippen LogP contribution in [-0.2, 0) is 33.4 Å². The highest BCUT2D eigenvalue weighted by atomic mass is 16.6. The minimum Gasteiger partial charge on any atom is -0.449 e. The van der Waals surface area contributed by atoms with Crippen LogP contribution in [-0.4, -0.2) is 42.9 Å². The van der Waals surface area contributed by atoms with Gasteiger partial charge in [0, 0.05) is 6.54 Å². The Morgan fingerprint density at radius 1 is 0.913 bits per heavy atom. The topological polar surface area (TPSA) is 125 Å². The Hall–Kier alpha value is -2.71. The minimum atomic E-state index is -0.956. The summed E-state index contributed by atoms with van der Waals surface area (Å²) < 4.78 is 13.6. The number of hydrogen-bond acceptors (Lipinski definition) is 8. The van der Waals surface area contributed by atoms with Crippen LogP contribution >= 0.6 is 0 Å². The highest BCUT2D eigenvalue weighted by Gasteiger charge is 2.13. The van der Waals surface area contributed by atoms with Crippen molar-refractivity contribution in [3.8, 4) is 0 Å². The molecule has 0 aliphatic heterocycles. The second-order valence-corrected chi connectivity index (χ2v) is 4.46. The summed E-state index contributed by atoms with van der Waals surface area (Å²) in [6.45, 7) is 5.77. The molecule has 0 saturated carbocycles. The first-order valence-corrected chi connectivity index (χ1v) is 6.70. The molecule has 9 nitrogen and oxygen atoms in total. The first-order chi connectivity index (χ1) is 10.7. The quantitative estimate of drug-likeness (QED) is 0.282. The number of allylic oxidation sites excluding steroid dienone is 1. The lowest BCUT2D eigenvalue weighted by atomic mass is 10.3. The maximum atomic E-state index is 11.2. The molecule has 0 fully saturated rings. The molecule has 1 N–H and O–H groups in total. The molecule has 0 radical (unpaired) electrons. The molecule has 23 heavy (non-hydrogen) atoms. The van der Waals surface area contributed by atoms with Crippen molar-refractivity contribution < 1.29 is 38.2 Å². The van der Waals surface area contributed by atoms with Gasteiger partial charge in [0.05, 0.1) is 18.6 Å². The SMILES string of the molecule is C=C(C)OC(=O)CCNC(=O)OCCC(=O)OC(=O)CC(C)=O. The average molecular weight is 329 g/mol. The second kappa shape index (κ2) is 10.9. The van der Waals surface area contributed by atoms with E-state index in [1.807, 2.05) is 0 Å². The molecule has 0 rings (SSSR count). The van der Waals surface area contributed by atoms with Crippen LogP contribution < -0.4 is 5.32 Å². The number of nitrogens with one attached hydrogen (secondary N) is 1. The summed E-state index contributed by atoms with van der Waals surface area (Å²) in [5, 5.41) is 2.27. The largest absolute Gasteiger partial charge is 0.449 e. The van der Waals surface area contributed by atoms with E-state index in [-0.39, 0.29) is 31.8 Å². The van der Waals surface area contributed by atoms with Crippen LogP contribution in [0.25, 0.3) is 0 Å². The normalized spacial score (nSPS) is 9.48. The molecule has 0 aromatic heterocycles. The van der Waals surface area contributed by atoms with E-state index < -0.39 is 36.2 Å². The minimum absolute atomic E-state index is 0.00745. The molecule has 0 heterocycles. The van der Waals surface area contributed by atoms with E-state index in [1.165, 1.54) is 13.8 Å². The Balaban J connectivity index is 3.76. The molecule has 0 saturated heterocycles. The van der Waals surface area contributed by atoms with Gasteiger partial charge in [-0.25, -0.2) is 4.79 Å². The molecular formula is C14H19NO8. The summed E-state index contributed by atoms with van der Waals surface area (Å²) in [5.74, 6) is -2.60. The number of rotatable bonds is 9. The van der Waals surface area contributed by atoms with Gasteiger partial charge in [0.1, 0.15) is 18.8 Å². The molecule has 9 heteroatoms. The van der Waals surface area contributed by atoms with Gasteiger partial charge in [0.2, 0.25) is 0 Å². The van der Waals surface area contributed by atoms with Crippen LogP contribution in [0.5, 0.6) is 0 Å². The van der Waals surface area contributed by atoms with Crippen molar-refractivity contribution >= 4 is 29.8 Å². The van der Waals surface area contributed by atoms with Crippen molar-refractivity contribution in [2.24, 2.45) is 0 Å². The van der Waals surface area contributed by atoms with Crippen LogP contribution in [0.2, 0.25) is 0 Å². The van der Waals surface area contributed by atoms with Crippen LogP contribution in [0.15, 0.2) is 12.3 Å². The summed E-state index contributed by atoms with van der Waals surface area (Å²) in [7, 11) is 0. The lowest BCUT2D eigenvalue weighted by molar-refractivity contribution is -0.160. The number of Topliss-reactive ketones (excluding diaryl/α,β-unsaturated/α-hetero) is 1. The smallest absolute Gasteiger partial charge is 0.407 e. The van der Waals surface area contributed by atoms with Crippen molar-refractivity contribution in [3.63, 3.8) is 0 Å². The summed E-state index contributed by atoms with van der Waals surface area (Å²) >= 11 is 0. The Morgan fingerprint density at radius 3 is 2.09 bits per heavy atom. The van der Waals surface area contributed by atoms with Gasteiger partial charge in [-0.05, 0) is 13.8 Å². The maximum Gasteiger partial charge on any atom is 0.407 e. The van der Waals surface area contributed by atoms with Crippen molar-refractivity contribution in [2.45, 2.75) is 33.1 Å². The highest BCUT2D eigenvalue weighted by molar-refractivity contribution is 5.98. The third kappa shape index (κ3) is 12.7. The van der Waals surface area contributed by atoms with E-state index in [4.69, 9.17) is 0 Å². The fourth-order valence-corrected chi connectivity index (χ4v) is 1.21. The van der Waals surface area contributed by atoms with Crippen LogP contribution in [0, 0.1) is 0 Å². The number of carbonyl (C=O) groups excluding carboxylic acids is 5. The molecular weight excluding hydrogens is 310 g/mol. The number of ether oxygens (including phenoxy) is 3. The van der Waals surface area contributed by atoms with Gasteiger partial charge in [-0.2, -0.15) is 0 Å². The van der Waals surface area contributed by atoms with Crippen molar-refractivity contribution in [3.05, 3.63) is 12.3 Å². The zero-order chi connectivity index (χ0) is 17.8. The fraction of sp³-hybridized carbons (Fsp3) is 0.500. The number of alkyl carbamates (subject to hydrolysis) is 1. The Bertz CT molecular complexity index is 497. The summed E-state index contributed by atoms with van der Waals surface area (Å²) in [6.07, 6.45) is -1.73. The second-order valence-electron chi connectivity index (χ2n) is 4.46. The zero-order valence-corrected chi connectivity index (χ0v) is 13.0. The Labute approximate surface area is 132 Å². The predicted octanol–water partition coefficient (Wildman–Crippen LogP) is 0.619. The first kappa shape index (κ1) is 20.3.